The Morgan fingerprint density at radius 1 is 0.937 bits per heavy atom. The first-order valence-electron chi connectivity index (χ1n) is 19.2. The molecule has 0 unspecified atom stereocenters. The van der Waals surface area contributed by atoms with Crippen molar-refractivity contribution in [3.8, 4) is 0 Å². The summed E-state index contributed by atoms with van der Waals surface area (Å²) in [6.07, 6.45) is 10.2. The Labute approximate surface area is 354 Å². The maximum Gasteiger partial charge on any atom is 0.433 e. The maximum atomic E-state index is 12.4. The maximum absolute atomic E-state index is 12.4. The number of hydrogen-bond acceptors (Lipinski definition) is 16. The fourth-order valence-electron chi connectivity index (χ4n) is 6.74. The van der Waals surface area contributed by atoms with Crippen LogP contribution in [0.15, 0.2) is 68.9 Å². The van der Waals surface area contributed by atoms with E-state index in [4.69, 9.17) is 40.1 Å². The molecule has 9 rings (SSSR count). The standard InChI is InChI=1S/C15H14N4O.C10H13N5O4.C10H12N4O3.CH3O5P/c1-9-6-8-17-14-12(9)18-15(20)11-3-2-7-16-13(11)19(14)10-4-5-10;1-5-3-15(10(18)12-9(5)17)8-2-6(13-14-11)7(4-16)19-8;15-3-6-1-2-7(17-6)14-5-13-8-9(14)11-4-12-10(8)16;2-1(3)7(4,5)6/h2-3,6-8,10H,4-5H2,1H3,(H,18,20);3,6-8,16H,2,4H2,1H3,(H,12,17,18);4-7,15H,1-3H2,(H,11,12,16);(H,2,3)(H2,4,5,6)/t;6-,7+,8+;6-,7+;/m.00./s1. The van der Waals surface area contributed by atoms with E-state index in [1.54, 1.807) is 36.3 Å². The molecule has 1 saturated carbocycles. The number of hydrogen-bond donors (Lipinski definition) is 8. The second kappa shape index (κ2) is 19.6. The van der Waals surface area contributed by atoms with Gasteiger partial charge < -0.3 is 49.8 Å². The van der Waals surface area contributed by atoms with Crippen molar-refractivity contribution in [2.45, 2.75) is 82.7 Å². The number of ether oxygens (including phenoxy) is 2. The van der Waals surface area contributed by atoms with E-state index in [2.05, 4.69) is 50.1 Å². The molecule has 4 aliphatic rings. The average Bonchev–Trinajstić information content (AvgIpc) is 3.62. The third-order valence-corrected chi connectivity index (χ3v) is 10.5. The van der Waals surface area contributed by atoms with Gasteiger partial charge in [-0.15, -0.1) is 0 Å². The number of aromatic nitrogens is 8. The molecule has 63 heavy (non-hydrogen) atoms. The lowest BCUT2D eigenvalue weighted by molar-refractivity contribution is -0.0271. The first kappa shape index (κ1) is 45.9. The first-order valence-corrected chi connectivity index (χ1v) is 20.8. The van der Waals surface area contributed by atoms with Crippen LogP contribution in [0.3, 0.4) is 0 Å². The van der Waals surface area contributed by atoms with Gasteiger partial charge >= 0.3 is 19.0 Å². The summed E-state index contributed by atoms with van der Waals surface area (Å²) in [5.41, 5.74) is 8.64. The number of nitrogens with zero attached hydrogens (tertiary/aromatic N) is 10. The van der Waals surface area contributed by atoms with Crippen LogP contribution in [0.1, 0.15) is 66.0 Å². The van der Waals surface area contributed by atoms with Crippen molar-refractivity contribution in [3.05, 3.63) is 108 Å². The van der Waals surface area contributed by atoms with Gasteiger partial charge in [-0.05, 0) is 68.8 Å². The van der Waals surface area contributed by atoms with Gasteiger partial charge in [0.05, 0.1) is 55.4 Å². The summed E-state index contributed by atoms with van der Waals surface area (Å²) in [5.74, 6) is 1.40. The van der Waals surface area contributed by atoms with Gasteiger partial charge in [0.1, 0.15) is 18.3 Å². The molecule has 5 aromatic rings. The molecule has 0 aromatic carbocycles. The fourth-order valence-corrected chi connectivity index (χ4v) is 6.74. The molecule has 0 spiro atoms. The van der Waals surface area contributed by atoms with Gasteiger partial charge in [-0.25, -0.2) is 34.1 Å². The number of nitrogens with one attached hydrogen (secondary N) is 3. The number of amides is 1. The highest BCUT2D eigenvalue weighted by Gasteiger charge is 2.38. The van der Waals surface area contributed by atoms with Crippen LogP contribution in [0.25, 0.3) is 21.6 Å². The zero-order valence-corrected chi connectivity index (χ0v) is 34.3. The lowest BCUT2D eigenvalue weighted by atomic mass is 10.1. The molecule has 1 amide bonds. The van der Waals surface area contributed by atoms with Gasteiger partial charge in [0.2, 0.25) is 0 Å². The minimum absolute atomic E-state index is 0.0111. The molecule has 27 heteroatoms. The molecule has 0 bridgehead atoms. The van der Waals surface area contributed by atoms with Crippen molar-refractivity contribution < 1.29 is 48.7 Å². The zero-order chi connectivity index (χ0) is 45.6. The number of aliphatic hydroxyl groups is 2. The predicted octanol–water partition coefficient (Wildman–Crippen LogP) is 2.09. The molecule has 8 N–H and O–H groups in total. The largest absolute Gasteiger partial charge is 0.472 e. The van der Waals surface area contributed by atoms with E-state index in [0.29, 0.717) is 34.2 Å². The van der Waals surface area contributed by atoms with E-state index in [0.717, 1.165) is 42.8 Å². The summed E-state index contributed by atoms with van der Waals surface area (Å²) in [5, 5.41) is 32.2. The number of fused-ring (bicyclic) bond motifs is 3. The minimum atomic E-state index is -4.82. The van der Waals surface area contributed by atoms with Crippen LogP contribution in [-0.4, -0.2) is 113 Å². The predicted molar refractivity (Wildman–Crippen MR) is 219 cm³/mol. The monoisotopic (exact) mass is 895 g/mol. The number of anilines is 3. The molecule has 26 nitrogen and oxygen atoms in total. The molecule has 2 saturated heterocycles. The molecule has 3 fully saturated rings. The van der Waals surface area contributed by atoms with Crippen molar-refractivity contribution in [2.24, 2.45) is 5.11 Å². The quantitative estimate of drug-likeness (QED) is 0.0502. The molecule has 334 valence electrons. The van der Waals surface area contributed by atoms with Crippen molar-refractivity contribution in [2.75, 3.05) is 23.4 Å². The van der Waals surface area contributed by atoms with Crippen LogP contribution in [0.2, 0.25) is 0 Å². The number of imidazole rings is 1. The van der Waals surface area contributed by atoms with Gasteiger partial charge in [-0.3, -0.25) is 28.5 Å². The van der Waals surface area contributed by atoms with Gasteiger partial charge in [0, 0.05) is 41.5 Å². The minimum Gasteiger partial charge on any atom is -0.472 e. The summed E-state index contributed by atoms with van der Waals surface area (Å²) < 4.78 is 23.5. The Morgan fingerprint density at radius 3 is 2.32 bits per heavy atom. The number of pyridine rings is 2. The third-order valence-electron chi connectivity index (χ3n) is 10.0. The van der Waals surface area contributed by atoms with E-state index in [-0.39, 0.29) is 43.4 Å². The Kier molecular flexibility index (Phi) is 14.3. The lowest BCUT2D eigenvalue weighted by Gasteiger charge is -2.23. The number of rotatable bonds is 7. The Bertz CT molecular complexity index is 2760. The van der Waals surface area contributed by atoms with Gasteiger partial charge in [-0.1, -0.05) is 5.11 Å². The second-order valence-electron chi connectivity index (χ2n) is 14.4. The average molecular weight is 896 g/mol. The Balaban J connectivity index is 0.000000147. The number of carbonyl (C=O) groups excluding carboxylic acids is 1. The van der Waals surface area contributed by atoms with Crippen LogP contribution in [0.4, 0.5) is 22.1 Å². The number of aliphatic hydroxyl groups excluding tert-OH is 2. The van der Waals surface area contributed by atoms with Gasteiger partial charge in [0.25, 0.3) is 17.0 Å². The third kappa shape index (κ3) is 10.5. The summed E-state index contributed by atoms with van der Waals surface area (Å²) in [6, 6.07) is 5.37. The van der Waals surface area contributed by atoms with Crippen molar-refractivity contribution >= 4 is 47.7 Å². The number of carbonyl (C=O) groups is 2. The lowest BCUT2D eigenvalue weighted by Crippen LogP contribution is -2.33. The van der Waals surface area contributed by atoms with Crippen LogP contribution in [-0.2, 0) is 14.0 Å². The molecule has 0 radical (unpaired) electrons. The van der Waals surface area contributed by atoms with Crippen molar-refractivity contribution in [1.29, 1.82) is 0 Å². The Hall–Kier alpha value is -6.63. The summed E-state index contributed by atoms with van der Waals surface area (Å²) in [4.78, 5) is 97.8. The number of aromatic amines is 2. The van der Waals surface area contributed by atoms with Crippen molar-refractivity contribution in [3.63, 3.8) is 0 Å². The first-order chi connectivity index (χ1) is 30.1. The van der Waals surface area contributed by atoms with E-state index in [1.165, 1.54) is 17.1 Å². The molecule has 3 aliphatic heterocycles. The molecular formula is C36H42N13O13P. The molecule has 1 aliphatic carbocycles. The van der Waals surface area contributed by atoms with Crippen LogP contribution < -0.4 is 27.0 Å². The molecule has 8 heterocycles. The van der Waals surface area contributed by atoms with E-state index in [1.807, 2.05) is 19.1 Å². The highest BCUT2D eigenvalue weighted by Crippen LogP contribution is 2.43. The fraction of sp³-hybridized carbons (Fsp3) is 0.417. The van der Waals surface area contributed by atoms with E-state index < -0.39 is 42.9 Å². The molecular weight excluding hydrogens is 853 g/mol. The highest BCUT2D eigenvalue weighted by molar-refractivity contribution is 7.69. The van der Waals surface area contributed by atoms with E-state index >= 15 is 0 Å². The molecule has 5 atom stereocenters. The topological polar surface area (TPSA) is 379 Å². The van der Waals surface area contributed by atoms with Gasteiger partial charge in [-0.2, -0.15) is 0 Å². The van der Waals surface area contributed by atoms with E-state index in [9.17, 15) is 28.5 Å². The normalized spacial score (nSPS) is 21.1. The number of azide groups is 1. The molecule has 5 aromatic heterocycles. The SMILES string of the molecule is Cc1ccnc2c1NC(=O)c1cccnc1N2C1CC1.Cc1cn([C@H]2C[C@H](N=[N+]=[N-])[C@@H](CO)O2)c(=O)[nH]c1=O.O=C(O)P(=O)(O)O.O=c1[nH]cnc2c1ncn2[C@H]1CC[C@@H](CO)O1. The number of carboxylic acid groups (broad SMARTS) is 1. The zero-order valence-electron chi connectivity index (χ0n) is 33.5. The summed E-state index contributed by atoms with van der Waals surface area (Å²) >= 11 is 0. The number of H-pyrrole nitrogens is 2. The van der Waals surface area contributed by atoms with Crippen molar-refractivity contribution in [1.82, 2.24) is 39.0 Å². The van der Waals surface area contributed by atoms with Crippen LogP contribution in [0.5, 0.6) is 0 Å². The van der Waals surface area contributed by atoms with Gasteiger partial charge in [0.15, 0.2) is 17.0 Å². The Morgan fingerprint density at radius 2 is 1.67 bits per heavy atom. The summed E-state index contributed by atoms with van der Waals surface area (Å²) in [7, 11) is -4.82. The smallest absolute Gasteiger partial charge is 0.433 e. The number of aryl methyl sites for hydroxylation is 2. The van der Waals surface area contributed by atoms with Crippen LogP contribution in [0, 0.1) is 13.8 Å². The second-order valence-corrected chi connectivity index (χ2v) is 15.9. The van der Waals surface area contributed by atoms with Crippen LogP contribution >= 0.6 is 7.60 Å². The summed E-state index contributed by atoms with van der Waals surface area (Å²) in [6.45, 7) is 3.25. The highest BCUT2D eigenvalue weighted by atomic mass is 31.2.